The van der Waals surface area contributed by atoms with Gasteiger partial charge in [-0.15, -0.1) is 21.5 Å². The van der Waals surface area contributed by atoms with E-state index in [2.05, 4.69) is 20.2 Å². The van der Waals surface area contributed by atoms with Crippen LogP contribution in [-0.4, -0.2) is 77.9 Å². The normalized spacial score (nSPS) is 20.6. The number of aromatic nitrogens is 2. The molecule has 2 aliphatic rings. The van der Waals surface area contributed by atoms with Crippen LogP contribution in [0.15, 0.2) is 17.5 Å². The first-order chi connectivity index (χ1) is 17.6. The molecular formula is C22H27ClN6O5S3. The van der Waals surface area contributed by atoms with E-state index in [1.807, 2.05) is 6.92 Å². The third kappa shape index (κ3) is 7.13. The van der Waals surface area contributed by atoms with Gasteiger partial charge in [-0.05, 0) is 50.3 Å². The van der Waals surface area contributed by atoms with Crippen molar-refractivity contribution in [2.75, 3.05) is 25.0 Å². The summed E-state index contributed by atoms with van der Waals surface area (Å²) in [5, 5.41) is 12.9. The van der Waals surface area contributed by atoms with Crippen LogP contribution in [0.25, 0.3) is 6.08 Å². The second-order valence-corrected chi connectivity index (χ2v) is 13.1. The summed E-state index contributed by atoms with van der Waals surface area (Å²) in [6.07, 6.45) is 4.17. The molecule has 11 nitrogen and oxygen atoms in total. The van der Waals surface area contributed by atoms with Crippen molar-refractivity contribution in [1.82, 2.24) is 24.7 Å². The van der Waals surface area contributed by atoms with E-state index in [0.717, 1.165) is 10.4 Å². The van der Waals surface area contributed by atoms with Crippen LogP contribution in [0.1, 0.15) is 42.5 Å². The number of aryl methyl sites for hydroxylation is 1. The van der Waals surface area contributed by atoms with Crippen molar-refractivity contribution in [3.63, 3.8) is 0 Å². The molecule has 2 aromatic rings. The third-order valence-corrected chi connectivity index (χ3v) is 9.33. The summed E-state index contributed by atoms with van der Waals surface area (Å²) in [6, 6.07) is 1.73. The first-order valence-corrected chi connectivity index (χ1v) is 15.4. The maximum atomic E-state index is 13.1. The van der Waals surface area contributed by atoms with Crippen LogP contribution in [0.5, 0.6) is 0 Å². The molecule has 200 valence electrons. The zero-order chi connectivity index (χ0) is 26.6. The molecule has 2 fully saturated rings. The van der Waals surface area contributed by atoms with E-state index < -0.39 is 28.0 Å². The largest absolute Gasteiger partial charge is 0.332 e. The molecule has 0 aromatic carbocycles. The summed E-state index contributed by atoms with van der Waals surface area (Å²) < 4.78 is 28.0. The Morgan fingerprint density at radius 1 is 1.19 bits per heavy atom. The number of hydrogen-bond acceptors (Lipinski definition) is 9. The van der Waals surface area contributed by atoms with Gasteiger partial charge in [0.15, 0.2) is 0 Å². The van der Waals surface area contributed by atoms with Crippen molar-refractivity contribution in [3.05, 3.63) is 31.8 Å². The fourth-order valence-electron chi connectivity index (χ4n) is 4.25. The van der Waals surface area contributed by atoms with E-state index in [-0.39, 0.29) is 18.4 Å². The first-order valence-electron chi connectivity index (χ1n) is 11.8. The molecular weight excluding hydrogens is 560 g/mol. The maximum absolute atomic E-state index is 13.1. The number of carbonyl (C=O) groups excluding carboxylic acids is 3. The van der Waals surface area contributed by atoms with Gasteiger partial charge in [-0.25, -0.2) is 8.42 Å². The molecule has 0 bridgehead atoms. The van der Waals surface area contributed by atoms with Crippen LogP contribution in [0.3, 0.4) is 0 Å². The molecule has 2 aromatic heterocycles. The van der Waals surface area contributed by atoms with Crippen LogP contribution >= 0.6 is 34.3 Å². The Labute approximate surface area is 227 Å². The van der Waals surface area contributed by atoms with Crippen molar-refractivity contribution in [2.24, 2.45) is 0 Å². The summed E-state index contributed by atoms with van der Waals surface area (Å²) in [7, 11) is -3.89. The first kappa shape index (κ1) is 27.6. The number of sulfonamides is 1. The summed E-state index contributed by atoms with van der Waals surface area (Å²) in [5.41, 5.74) is 0. The number of likely N-dealkylation sites (tertiary alicyclic amines) is 2. The lowest BCUT2D eigenvalue weighted by Gasteiger charge is -2.33. The Bertz CT molecular complexity index is 1290. The van der Waals surface area contributed by atoms with Gasteiger partial charge >= 0.3 is 0 Å². The number of thiophene rings is 1. The fraction of sp³-hybridized carbons (Fsp3) is 0.500. The van der Waals surface area contributed by atoms with E-state index in [1.54, 1.807) is 12.1 Å². The molecule has 2 saturated heterocycles. The fourth-order valence-corrected chi connectivity index (χ4v) is 7.00. The van der Waals surface area contributed by atoms with Crippen molar-refractivity contribution in [2.45, 2.75) is 51.1 Å². The topological polar surface area (TPSA) is 142 Å². The molecule has 37 heavy (non-hydrogen) atoms. The molecule has 0 saturated carbocycles. The molecule has 2 aliphatic heterocycles. The van der Waals surface area contributed by atoms with Gasteiger partial charge in [-0.2, -0.15) is 4.72 Å². The summed E-state index contributed by atoms with van der Waals surface area (Å²) in [6.45, 7) is 2.47. The minimum atomic E-state index is -3.89. The lowest BCUT2D eigenvalue weighted by molar-refractivity contribution is -0.144. The highest BCUT2D eigenvalue weighted by Gasteiger charge is 2.37. The number of nitrogens with zero attached hydrogens (tertiary/aromatic N) is 4. The second-order valence-electron chi connectivity index (χ2n) is 8.65. The van der Waals surface area contributed by atoms with Gasteiger partial charge in [0.25, 0.3) is 0 Å². The molecule has 4 heterocycles. The van der Waals surface area contributed by atoms with Gasteiger partial charge in [0.05, 0.1) is 10.9 Å². The van der Waals surface area contributed by atoms with E-state index in [0.29, 0.717) is 59.5 Å². The number of nitrogens with one attached hydrogen (secondary N) is 2. The van der Waals surface area contributed by atoms with Gasteiger partial charge in [-0.1, -0.05) is 29.9 Å². The summed E-state index contributed by atoms with van der Waals surface area (Å²) in [5.74, 6) is -1.15. The lowest BCUT2D eigenvalue weighted by atomic mass is 10.1. The Morgan fingerprint density at radius 3 is 2.68 bits per heavy atom. The van der Waals surface area contributed by atoms with Gasteiger partial charge in [0.2, 0.25) is 32.9 Å². The third-order valence-electron chi connectivity index (χ3n) is 6.04. The molecule has 3 amide bonds. The zero-order valence-electron chi connectivity index (χ0n) is 20.1. The molecule has 2 atom stereocenters. The predicted molar refractivity (Wildman–Crippen MR) is 143 cm³/mol. The molecule has 0 aliphatic carbocycles. The molecule has 2 N–H and O–H groups in total. The molecule has 15 heteroatoms. The minimum Gasteiger partial charge on any atom is -0.332 e. The van der Waals surface area contributed by atoms with Crippen LogP contribution in [0.2, 0.25) is 4.34 Å². The van der Waals surface area contributed by atoms with E-state index in [1.165, 1.54) is 38.5 Å². The van der Waals surface area contributed by atoms with E-state index in [4.69, 9.17) is 11.6 Å². The number of halogens is 1. The van der Waals surface area contributed by atoms with Gasteiger partial charge in [0.1, 0.15) is 17.1 Å². The SMILES string of the molecule is CCc1nnc(NC(=O)[C@H]2CCCN2C(=O)CN2CCC[C@H](NS(=O)(=O)C=Cc3ccc(Cl)s3)C2=O)s1. The molecule has 4 rings (SSSR count). The standard InChI is InChI=1S/C22H27ClN6O5S3/c1-2-18-25-26-22(36-18)24-20(31)16-6-4-11-29(16)19(30)13-28-10-3-5-15(21(28)32)27-37(33,34)12-9-14-7-8-17(23)35-14/h7-9,12,15-16,27H,2-6,10-11,13H2,1H3,(H,24,26,31)/t15-,16+/m0/s1. The van der Waals surface area contributed by atoms with Crippen LogP contribution in [0.4, 0.5) is 5.13 Å². The van der Waals surface area contributed by atoms with Crippen LogP contribution < -0.4 is 10.0 Å². The van der Waals surface area contributed by atoms with Crippen molar-refractivity contribution in [1.29, 1.82) is 0 Å². The van der Waals surface area contributed by atoms with Crippen molar-refractivity contribution in [3.8, 4) is 0 Å². The van der Waals surface area contributed by atoms with E-state index in [9.17, 15) is 22.8 Å². The Balaban J connectivity index is 1.34. The summed E-state index contributed by atoms with van der Waals surface area (Å²) in [4.78, 5) is 42.4. The van der Waals surface area contributed by atoms with Crippen LogP contribution in [0, 0.1) is 0 Å². The summed E-state index contributed by atoms with van der Waals surface area (Å²) >= 11 is 8.39. The molecule has 0 radical (unpaired) electrons. The Hall–Kier alpha value is -2.39. The van der Waals surface area contributed by atoms with E-state index >= 15 is 0 Å². The monoisotopic (exact) mass is 586 g/mol. The zero-order valence-corrected chi connectivity index (χ0v) is 23.3. The predicted octanol–water partition coefficient (Wildman–Crippen LogP) is 2.33. The van der Waals surface area contributed by atoms with Crippen LogP contribution in [-0.2, 0) is 30.8 Å². The Morgan fingerprint density at radius 2 is 1.97 bits per heavy atom. The number of rotatable bonds is 9. The Kier molecular flexibility index (Phi) is 8.95. The van der Waals surface area contributed by atoms with Crippen molar-refractivity contribution < 1.29 is 22.8 Å². The quantitative estimate of drug-likeness (QED) is 0.459. The van der Waals surface area contributed by atoms with Gasteiger partial charge in [0, 0.05) is 23.4 Å². The smallest absolute Gasteiger partial charge is 0.249 e. The van der Waals surface area contributed by atoms with Gasteiger partial charge in [-0.3, -0.25) is 19.7 Å². The maximum Gasteiger partial charge on any atom is 0.249 e. The average molecular weight is 587 g/mol. The highest BCUT2D eigenvalue weighted by Crippen LogP contribution is 2.24. The number of carbonyl (C=O) groups is 3. The number of anilines is 1. The number of piperidine rings is 1. The van der Waals surface area contributed by atoms with Gasteiger partial charge < -0.3 is 9.80 Å². The highest BCUT2D eigenvalue weighted by molar-refractivity contribution is 7.92. The lowest BCUT2D eigenvalue weighted by Crippen LogP contribution is -2.55. The number of amides is 3. The van der Waals surface area contributed by atoms with Crippen molar-refractivity contribution >= 4 is 73.2 Å². The minimum absolute atomic E-state index is 0.219. The highest BCUT2D eigenvalue weighted by atomic mass is 35.5. The molecule has 0 spiro atoms. The number of hydrogen-bond donors (Lipinski definition) is 2. The average Bonchev–Trinajstić information content (AvgIpc) is 3.61. The molecule has 0 unspecified atom stereocenters. The second kappa shape index (κ2) is 12.0.